The van der Waals surface area contributed by atoms with Gasteiger partial charge in [0.05, 0.1) is 12.6 Å². The van der Waals surface area contributed by atoms with Crippen molar-refractivity contribution < 1.29 is 19.4 Å². The number of ketones is 1. The van der Waals surface area contributed by atoms with Gasteiger partial charge in [-0.2, -0.15) is 0 Å². The number of amides is 1. The number of alkyl carbamates (subject to hydrolysis) is 1. The molecule has 0 saturated heterocycles. The Hall–Kier alpha value is -2.70. The standard InChI is InChI=1S/C20H22N2O4/c21-18(19(24)9-10-23)11-22-20(25)26-12-17-15-7-3-1-5-13(15)14-6-2-4-8-16(14)17/h1-8,17-18,23H,9-12,21H2,(H,22,25). The smallest absolute Gasteiger partial charge is 0.407 e. The molecule has 1 unspecified atom stereocenters. The van der Waals surface area contributed by atoms with Gasteiger partial charge in [-0.05, 0) is 22.3 Å². The maximum atomic E-state index is 12.0. The van der Waals surface area contributed by atoms with Gasteiger partial charge in [0.25, 0.3) is 0 Å². The van der Waals surface area contributed by atoms with E-state index in [0.717, 1.165) is 22.3 Å². The number of carbonyl (C=O) groups excluding carboxylic acids is 2. The lowest BCUT2D eigenvalue weighted by atomic mass is 9.98. The molecule has 0 saturated carbocycles. The summed E-state index contributed by atoms with van der Waals surface area (Å²) in [6, 6.07) is 15.3. The third-order valence-electron chi connectivity index (χ3n) is 4.58. The van der Waals surface area contributed by atoms with Gasteiger partial charge in [-0.1, -0.05) is 48.5 Å². The number of nitrogens with one attached hydrogen (secondary N) is 1. The van der Waals surface area contributed by atoms with Crippen LogP contribution >= 0.6 is 0 Å². The fraction of sp³-hybridized carbons (Fsp3) is 0.300. The minimum atomic E-state index is -0.845. The van der Waals surface area contributed by atoms with Crippen molar-refractivity contribution in [3.63, 3.8) is 0 Å². The van der Waals surface area contributed by atoms with Gasteiger partial charge in [-0.25, -0.2) is 4.79 Å². The summed E-state index contributed by atoms with van der Waals surface area (Å²) in [5, 5.41) is 11.2. The van der Waals surface area contributed by atoms with Crippen molar-refractivity contribution in [2.75, 3.05) is 19.8 Å². The van der Waals surface area contributed by atoms with E-state index in [-0.39, 0.29) is 37.9 Å². The van der Waals surface area contributed by atoms with Crippen LogP contribution in [-0.4, -0.2) is 42.8 Å². The molecule has 0 aliphatic heterocycles. The zero-order valence-corrected chi connectivity index (χ0v) is 14.4. The molecule has 26 heavy (non-hydrogen) atoms. The first-order chi connectivity index (χ1) is 12.6. The predicted molar refractivity (Wildman–Crippen MR) is 97.8 cm³/mol. The van der Waals surface area contributed by atoms with Gasteiger partial charge in [-0.3, -0.25) is 4.79 Å². The minimum absolute atomic E-state index is 0.0159. The van der Waals surface area contributed by atoms with E-state index in [2.05, 4.69) is 17.4 Å². The third kappa shape index (κ3) is 3.76. The van der Waals surface area contributed by atoms with Crippen LogP contribution in [0, 0.1) is 0 Å². The number of aliphatic hydroxyl groups is 1. The molecule has 1 amide bonds. The topological polar surface area (TPSA) is 102 Å². The second kappa shape index (κ2) is 8.12. The normalized spacial score (nSPS) is 13.6. The van der Waals surface area contributed by atoms with Crippen molar-refractivity contribution in [1.82, 2.24) is 5.32 Å². The Labute approximate surface area is 152 Å². The molecule has 0 fully saturated rings. The SMILES string of the molecule is NC(CNC(=O)OCC1c2ccccc2-c2ccccc21)C(=O)CCO. The van der Waals surface area contributed by atoms with Crippen LogP contribution in [0.5, 0.6) is 0 Å². The Kier molecular flexibility index (Phi) is 5.65. The zero-order valence-electron chi connectivity index (χ0n) is 14.4. The molecule has 0 spiro atoms. The number of nitrogens with two attached hydrogens (primary N) is 1. The highest BCUT2D eigenvalue weighted by Gasteiger charge is 2.29. The largest absolute Gasteiger partial charge is 0.449 e. The summed E-state index contributed by atoms with van der Waals surface area (Å²) in [5.74, 6) is -0.315. The Morgan fingerprint density at radius 3 is 2.23 bits per heavy atom. The van der Waals surface area contributed by atoms with Gasteiger partial charge in [0, 0.05) is 18.9 Å². The first kappa shape index (κ1) is 18.1. The number of aliphatic hydroxyl groups excluding tert-OH is 1. The number of fused-ring (bicyclic) bond motifs is 3. The average Bonchev–Trinajstić information content (AvgIpc) is 2.98. The van der Waals surface area contributed by atoms with Gasteiger partial charge in [0.1, 0.15) is 6.61 Å². The molecule has 0 aromatic heterocycles. The summed E-state index contributed by atoms with van der Waals surface area (Å²) in [5.41, 5.74) is 10.3. The molecule has 6 heteroatoms. The monoisotopic (exact) mass is 354 g/mol. The average molecular weight is 354 g/mol. The molecular formula is C20H22N2O4. The molecule has 0 radical (unpaired) electrons. The van der Waals surface area contributed by atoms with Crippen LogP contribution in [-0.2, 0) is 9.53 Å². The van der Waals surface area contributed by atoms with Gasteiger partial charge in [-0.15, -0.1) is 0 Å². The highest BCUT2D eigenvalue weighted by atomic mass is 16.5. The molecular weight excluding hydrogens is 332 g/mol. The Balaban J connectivity index is 1.60. The van der Waals surface area contributed by atoms with Crippen LogP contribution in [0.3, 0.4) is 0 Å². The molecule has 6 nitrogen and oxygen atoms in total. The highest BCUT2D eigenvalue weighted by Crippen LogP contribution is 2.44. The summed E-state index contributed by atoms with van der Waals surface area (Å²) in [6.07, 6.45) is -0.632. The van der Waals surface area contributed by atoms with E-state index in [0.29, 0.717) is 0 Å². The highest BCUT2D eigenvalue weighted by molar-refractivity contribution is 5.84. The first-order valence-corrected chi connectivity index (χ1v) is 8.59. The summed E-state index contributed by atoms with van der Waals surface area (Å²) in [6.45, 7) is -0.0628. The molecule has 136 valence electrons. The zero-order chi connectivity index (χ0) is 18.5. The summed E-state index contributed by atoms with van der Waals surface area (Å²) < 4.78 is 5.36. The van der Waals surface area contributed by atoms with E-state index < -0.39 is 12.1 Å². The molecule has 3 rings (SSSR count). The van der Waals surface area contributed by atoms with Crippen LogP contribution < -0.4 is 11.1 Å². The van der Waals surface area contributed by atoms with Crippen molar-refractivity contribution in [1.29, 1.82) is 0 Å². The molecule has 1 atom stereocenters. The van der Waals surface area contributed by atoms with E-state index in [9.17, 15) is 9.59 Å². The van der Waals surface area contributed by atoms with E-state index in [1.807, 2.05) is 36.4 Å². The van der Waals surface area contributed by atoms with Crippen molar-refractivity contribution in [3.8, 4) is 11.1 Å². The lowest BCUT2D eigenvalue weighted by molar-refractivity contribution is -0.120. The number of rotatable bonds is 7. The molecule has 1 aliphatic carbocycles. The summed E-state index contributed by atoms with van der Waals surface area (Å²) >= 11 is 0. The second-order valence-electron chi connectivity index (χ2n) is 6.25. The van der Waals surface area contributed by atoms with Crippen molar-refractivity contribution >= 4 is 11.9 Å². The molecule has 1 aliphatic rings. The maximum Gasteiger partial charge on any atom is 0.407 e. The van der Waals surface area contributed by atoms with Gasteiger partial charge in [0.15, 0.2) is 5.78 Å². The molecule has 2 aromatic carbocycles. The number of Topliss-reactive ketones (excluding diaryl/α,β-unsaturated/α-hetero) is 1. The number of carbonyl (C=O) groups is 2. The maximum absolute atomic E-state index is 12.0. The van der Waals surface area contributed by atoms with Crippen molar-refractivity contribution in [2.45, 2.75) is 18.4 Å². The lowest BCUT2D eigenvalue weighted by Crippen LogP contribution is -2.43. The summed E-state index contributed by atoms with van der Waals surface area (Å²) in [7, 11) is 0. The van der Waals surface area contributed by atoms with Gasteiger partial charge >= 0.3 is 6.09 Å². The molecule has 2 aromatic rings. The Morgan fingerprint density at radius 2 is 1.65 bits per heavy atom. The van der Waals surface area contributed by atoms with Crippen LogP contribution in [0.4, 0.5) is 4.79 Å². The Morgan fingerprint density at radius 1 is 1.08 bits per heavy atom. The van der Waals surface area contributed by atoms with Gasteiger partial charge in [0.2, 0.25) is 0 Å². The van der Waals surface area contributed by atoms with E-state index in [1.165, 1.54) is 0 Å². The quantitative estimate of drug-likeness (QED) is 0.704. The van der Waals surface area contributed by atoms with E-state index in [4.69, 9.17) is 15.6 Å². The predicted octanol–water partition coefficient (Wildman–Crippen LogP) is 1.80. The lowest BCUT2D eigenvalue weighted by Gasteiger charge is -2.15. The molecule has 0 bridgehead atoms. The number of hydrogen-bond acceptors (Lipinski definition) is 5. The number of benzene rings is 2. The number of ether oxygens (including phenoxy) is 1. The van der Waals surface area contributed by atoms with Gasteiger partial charge < -0.3 is 20.9 Å². The fourth-order valence-electron chi connectivity index (χ4n) is 3.25. The van der Waals surface area contributed by atoms with Crippen molar-refractivity contribution in [3.05, 3.63) is 59.7 Å². The number of hydrogen-bond donors (Lipinski definition) is 3. The minimum Gasteiger partial charge on any atom is -0.449 e. The van der Waals surface area contributed by atoms with Crippen LogP contribution in [0.25, 0.3) is 11.1 Å². The van der Waals surface area contributed by atoms with Crippen LogP contribution in [0.2, 0.25) is 0 Å². The Bertz CT molecular complexity index is 760. The van der Waals surface area contributed by atoms with Crippen LogP contribution in [0.15, 0.2) is 48.5 Å². The van der Waals surface area contributed by atoms with E-state index >= 15 is 0 Å². The molecule has 4 N–H and O–H groups in total. The van der Waals surface area contributed by atoms with Crippen molar-refractivity contribution in [2.24, 2.45) is 5.73 Å². The van der Waals surface area contributed by atoms with E-state index in [1.54, 1.807) is 0 Å². The second-order valence-corrected chi connectivity index (χ2v) is 6.25. The molecule has 0 heterocycles. The third-order valence-corrected chi connectivity index (χ3v) is 4.58. The summed E-state index contributed by atoms with van der Waals surface area (Å²) in [4.78, 5) is 23.5. The van der Waals surface area contributed by atoms with Crippen LogP contribution in [0.1, 0.15) is 23.5 Å². The fourth-order valence-corrected chi connectivity index (χ4v) is 3.25. The first-order valence-electron chi connectivity index (χ1n) is 8.59.